The van der Waals surface area contributed by atoms with Crippen molar-refractivity contribution in [2.75, 3.05) is 0 Å². The normalized spacial score (nSPS) is 22.3. The molecule has 0 bridgehead atoms. The number of aromatic hydroxyl groups is 2. The molecule has 0 heterocycles. The Morgan fingerprint density at radius 2 is 1.12 bits per heavy atom. The summed E-state index contributed by atoms with van der Waals surface area (Å²) in [6, 6.07) is 12.7. The molecule has 26 heavy (non-hydrogen) atoms. The maximum Gasteiger partial charge on any atom is 0.119 e. The molecule has 3 fully saturated rings. The third-order valence-electron chi connectivity index (χ3n) is 6.90. The van der Waals surface area contributed by atoms with E-state index in [4.69, 9.17) is 0 Å². The van der Waals surface area contributed by atoms with Crippen molar-refractivity contribution in [2.24, 2.45) is 0 Å². The summed E-state index contributed by atoms with van der Waals surface area (Å²) in [4.78, 5) is 0. The molecule has 2 heteroatoms. The van der Waals surface area contributed by atoms with Gasteiger partial charge in [0, 0.05) is 5.41 Å². The summed E-state index contributed by atoms with van der Waals surface area (Å²) in [7, 11) is 0. The van der Waals surface area contributed by atoms with Crippen molar-refractivity contribution in [2.45, 2.75) is 75.0 Å². The lowest BCUT2D eigenvalue weighted by molar-refractivity contribution is 0.344. The molecular formula is C24H28O2. The highest BCUT2D eigenvalue weighted by Gasteiger charge is 2.38. The summed E-state index contributed by atoms with van der Waals surface area (Å²) >= 11 is 0. The Bertz CT molecular complexity index is 761. The van der Waals surface area contributed by atoms with Crippen molar-refractivity contribution in [1.29, 1.82) is 0 Å². The van der Waals surface area contributed by atoms with Gasteiger partial charge in [-0.2, -0.15) is 0 Å². The maximum absolute atomic E-state index is 10.3. The molecule has 3 saturated carbocycles. The standard InChI is InChI=1S/C24H28O2/c25-22-10-8-18(14-20(22)16-4-5-16)24(12-2-1-3-13-24)19-9-11-23(26)21(15-19)17-6-7-17/h8-11,14-17,25-26H,1-7,12-13H2. The summed E-state index contributed by atoms with van der Waals surface area (Å²) in [5.74, 6) is 2.04. The van der Waals surface area contributed by atoms with Gasteiger partial charge in [0.15, 0.2) is 0 Å². The predicted octanol–water partition coefficient (Wildman–Crippen LogP) is 6.10. The number of hydrogen-bond donors (Lipinski definition) is 2. The summed E-state index contributed by atoms with van der Waals surface area (Å²) in [6.45, 7) is 0. The molecule has 2 N–H and O–H groups in total. The third kappa shape index (κ3) is 2.71. The van der Waals surface area contributed by atoms with Gasteiger partial charge in [0.25, 0.3) is 0 Å². The molecular weight excluding hydrogens is 320 g/mol. The van der Waals surface area contributed by atoms with Gasteiger partial charge < -0.3 is 10.2 Å². The molecule has 0 radical (unpaired) electrons. The van der Waals surface area contributed by atoms with Gasteiger partial charge in [-0.25, -0.2) is 0 Å². The molecule has 0 aromatic heterocycles. The second-order valence-corrected chi connectivity index (χ2v) is 8.74. The Labute approximate surface area is 155 Å². The fourth-order valence-corrected chi connectivity index (χ4v) is 5.05. The van der Waals surface area contributed by atoms with Gasteiger partial charge in [-0.1, -0.05) is 43.5 Å². The molecule has 2 aromatic rings. The van der Waals surface area contributed by atoms with Crippen LogP contribution in [0.1, 0.15) is 91.9 Å². The van der Waals surface area contributed by atoms with E-state index in [-0.39, 0.29) is 5.41 Å². The van der Waals surface area contributed by atoms with Crippen molar-refractivity contribution in [3.63, 3.8) is 0 Å². The van der Waals surface area contributed by atoms with E-state index in [2.05, 4.69) is 24.3 Å². The van der Waals surface area contributed by atoms with Crippen molar-refractivity contribution >= 4 is 0 Å². The van der Waals surface area contributed by atoms with E-state index in [1.165, 1.54) is 56.1 Å². The summed E-state index contributed by atoms with van der Waals surface area (Å²) in [5.41, 5.74) is 5.06. The van der Waals surface area contributed by atoms with E-state index in [9.17, 15) is 10.2 Å². The first-order chi connectivity index (χ1) is 12.7. The van der Waals surface area contributed by atoms with Crippen LogP contribution in [0.5, 0.6) is 11.5 Å². The molecule has 0 amide bonds. The Hall–Kier alpha value is -1.96. The Kier molecular flexibility index (Phi) is 3.77. The zero-order chi connectivity index (χ0) is 17.7. The molecule has 5 rings (SSSR count). The second-order valence-electron chi connectivity index (χ2n) is 8.74. The van der Waals surface area contributed by atoms with E-state index in [0.717, 1.165) is 24.0 Å². The van der Waals surface area contributed by atoms with Gasteiger partial charge in [-0.15, -0.1) is 0 Å². The van der Waals surface area contributed by atoms with E-state index in [1.54, 1.807) is 0 Å². The lowest BCUT2D eigenvalue weighted by atomic mass is 9.64. The fourth-order valence-electron chi connectivity index (χ4n) is 5.05. The van der Waals surface area contributed by atoms with Gasteiger partial charge >= 0.3 is 0 Å². The molecule has 2 aromatic carbocycles. The van der Waals surface area contributed by atoms with Gasteiger partial charge in [0.05, 0.1) is 0 Å². The van der Waals surface area contributed by atoms with E-state index in [0.29, 0.717) is 23.3 Å². The van der Waals surface area contributed by atoms with Crippen molar-refractivity contribution in [3.05, 3.63) is 58.7 Å². The third-order valence-corrected chi connectivity index (χ3v) is 6.90. The number of benzene rings is 2. The molecule has 136 valence electrons. The van der Waals surface area contributed by atoms with Crippen LogP contribution in [0.4, 0.5) is 0 Å². The Balaban J connectivity index is 1.63. The Morgan fingerprint density at radius 1 is 0.654 bits per heavy atom. The van der Waals surface area contributed by atoms with Crippen LogP contribution in [0.3, 0.4) is 0 Å². The molecule has 0 aliphatic heterocycles. The van der Waals surface area contributed by atoms with Crippen LogP contribution in [-0.2, 0) is 5.41 Å². The van der Waals surface area contributed by atoms with E-state index >= 15 is 0 Å². The first kappa shape index (κ1) is 16.2. The van der Waals surface area contributed by atoms with Crippen molar-refractivity contribution in [3.8, 4) is 11.5 Å². The second kappa shape index (κ2) is 6.04. The molecule has 0 saturated heterocycles. The average Bonchev–Trinajstić information content (AvgIpc) is 3.56. The quantitative estimate of drug-likeness (QED) is 0.700. The monoisotopic (exact) mass is 348 g/mol. The number of rotatable bonds is 4. The van der Waals surface area contributed by atoms with Gasteiger partial charge in [-0.05, 0) is 84.7 Å². The predicted molar refractivity (Wildman–Crippen MR) is 104 cm³/mol. The molecule has 0 atom stereocenters. The fraction of sp³-hybridized carbons (Fsp3) is 0.500. The number of hydrogen-bond acceptors (Lipinski definition) is 2. The average molecular weight is 348 g/mol. The maximum atomic E-state index is 10.3. The van der Waals surface area contributed by atoms with Crippen LogP contribution in [0, 0.1) is 0 Å². The van der Waals surface area contributed by atoms with Crippen LogP contribution in [0.15, 0.2) is 36.4 Å². The topological polar surface area (TPSA) is 40.5 Å². The van der Waals surface area contributed by atoms with E-state index in [1.807, 2.05) is 12.1 Å². The summed E-state index contributed by atoms with van der Waals surface area (Å²) in [6.07, 6.45) is 10.9. The molecule has 3 aliphatic carbocycles. The lowest BCUT2D eigenvalue weighted by Gasteiger charge is -2.39. The highest BCUT2D eigenvalue weighted by molar-refractivity contribution is 5.50. The Morgan fingerprint density at radius 3 is 1.54 bits per heavy atom. The highest BCUT2D eigenvalue weighted by Crippen LogP contribution is 2.51. The SMILES string of the molecule is Oc1ccc(C2(c3ccc(O)c(C4CC4)c3)CCCCC2)cc1C1CC1. The first-order valence-electron chi connectivity index (χ1n) is 10.3. The van der Waals surface area contributed by atoms with Crippen LogP contribution in [0.25, 0.3) is 0 Å². The van der Waals surface area contributed by atoms with E-state index < -0.39 is 0 Å². The van der Waals surface area contributed by atoms with Crippen LogP contribution >= 0.6 is 0 Å². The van der Waals surface area contributed by atoms with Crippen molar-refractivity contribution in [1.82, 2.24) is 0 Å². The minimum absolute atomic E-state index is 0.0347. The van der Waals surface area contributed by atoms with Gasteiger partial charge in [0.1, 0.15) is 11.5 Å². The zero-order valence-electron chi connectivity index (χ0n) is 15.4. The molecule has 3 aliphatic rings. The lowest BCUT2D eigenvalue weighted by Crippen LogP contribution is -2.30. The van der Waals surface area contributed by atoms with Crippen LogP contribution in [0.2, 0.25) is 0 Å². The molecule has 2 nitrogen and oxygen atoms in total. The minimum atomic E-state index is 0.0347. The zero-order valence-corrected chi connectivity index (χ0v) is 15.4. The minimum Gasteiger partial charge on any atom is -0.508 e. The summed E-state index contributed by atoms with van der Waals surface area (Å²) < 4.78 is 0. The van der Waals surface area contributed by atoms with Gasteiger partial charge in [-0.3, -0.25) is 0 Å². The smallest absolute Gasteiger partial charge is 0.119 e. The first-order valence-corrected chi connectivity index (χ1v) is 10.3. The number of phenols is 2. The number of phenolic OH excluding ortho intramolecular Hbond substituents is 2. The van der Waals surface area contributed by atoms with Gasteiger partial charge in [0.2, 0.25) is 0 Å². The molecule has 0 unspecified atom stereocenters. The summed E-state index contributed by atoms with van der Waals surface area (Å²) in [5, 5.41) is 20.7. The highest BCUT2D eigenvalue weighted by atomic mass is 16.3. The largest absolute Gasteiger partial charge is 0.508 e. The molecule has 0 spiro atoms. The van der Waals surface area contributed by atoms with Crippen LogP contribution < -0.4 is 0 Å². The van der Waals surface area contributed by atoms with Crippen molar-refractivity contribution < 1.29 is 10.2 Å². The van der Waals surface area contributed by atoms with Crippen LogP contribution in [-0.4, -0.2) is 10.2 Å².